The number of carbonyl (C=O) groups is 1. The number of rotatable bonds is 6. The van der Waals surface area contributed by atoms with Crippen LogP contribution in [0.1, 0.15) is 40.9 Å². The fourth-order valence-electron chi connectivity index (χ4n) is 2.27. The fraction of sp³-hybridized carbons (Fsp3) is 0.294. The number of aromatic amines is 1. The molecule has 136 valence electrons. The highest BCUT2D eigenvalue weighted by Crippen LogP contribution is 2.20. The smallest absolute Gasteiger partial charge is 0.274 e. The van der Waals surface area contributed by atoms with E-state index in [0.717, 1.165) is 0 Å². The molecule has 0 aliphatic rings. The topological polar surface area (TPSA) is 97.1 Å². The number of nitrogens with zero attached hydrogens (tertiary/aromatic N) is 4. The SMILES string of the molecule is Cc1noc([C@@H](C)N(C)C(=O)c2cc(COc3ccccc3F)[nH]n2)n1. The van der Waals surface area contributed by atoms with E-state index < -0.39 is 11.9 Å². The summed E-state index contributed by atoms with van der Waals surface area (Å²) in [5.74, 6) is 0.206. The minimum absolute atomic E-state index is 0.0589. The molecule has 0 unspecified atom stereocenters. The van der Waals surface area contributed by atoms with Gasteiger partial charge in [0, 0.05) is 7.05 Å². The van der Waals surface area contributed by atoms with Gasteiger partial charge in [0.05, 0.1) is 5.69 Å². The van der Waals surface area contributed by atoms with E-state index in [9.17, 15) is 9.18 Å². The van der Waals surface area contributed by atoms with Gasteiger partial charge in [-0.1, -0.05) is 17.3 Å². The molecular formula is C17H18FN5O3. The molecule has 1 atom stereocenters. The quantitative estimate of drug-likeness (QED) is 0.727. The van der Waals surface area contributed by atoms with Crippen LogP contribution in [-0.2, 0) is 6.61 Å². The molecule has 3 rings (SSSR count). The molecule has 0 saturated heterocycles. The lowest BCUT2D eigenvalue weighted by Gasteiger charge is -2.20. The van der Waals surface area contributed by atoms with Gasteiger partial charge in [-0.05, 0) is 32.0 Å². The molecular weight excluding hydrogens is 341 g/mol. The first-order valence-corrected chi connectivity index (χ1v) is 7.94. The van der Waals surface area contributed by atoms with E-state index in [0.29, 0.717) is 17.4 Å². The summed E-state index contributed by atoms with van der Waals surface area (Å²) in [5, 5.41) is 10.4. The van der Waals surface area contributed by atoms with E-state index in [-0.39, 0.29) is 24.0 Å². The second-order valence-corrected chi connectivity index (χ2v) is 5.77. The van der Waals surface area contributed by atoms with Crippen LogP contribution in [0.25, 0.3) is 0 Å². The number of amides is 1. The van der Waals surface area contributed by atoms with Crippen molar-refractivity contribution in [2.24, 2.45) is 0 Å². The van der Waals surface area contributed by atoms with Gasteiger partial charge in [0.15, 0.2) is 23.1 Å². The van der Waals surface area contributed by atoms with Crippen LogP contribution >= 0.6 is 0 Å². The summed E-state index contributed by atoms with van der Waals surface area (Å²) in [6, 6.07) is 7.25. The normalized spacial score (nSPS) is 12.0. The molecule has 9 heteroatoms. The molecule has 0 spiro atoms. The van der Waals surface area contributed by atoms with E-state index in [1.165, 1.54) is 17.0 Å². The summed E-state index contributed by atoms with van der Waals surface area (Å²) in [6.45, 7) is 3.54. The predicted octanol–water partition coefficient (Wildman–Crippen LogP) is 2.65. The molecule has 0 aliphatic carbocycles. The number of ether oxygens (including phenoxy) is 1. The molecule has 3 aromatic rings. The Balaban J connectivity index is 1.65. The Labute approximate surface area is 149 Å². The lowest BCUT2D eigenvalue weighted by molar-refractivity contribution is 0.0710. The molecule has 8 nitrogen and oxygen atoms in total. The van der Waals surface area contributed by atoms with Crippen LogP contribution in [0.3, 0.4) is 0 Å². The highest BCUT2D eigenvalue weighted by Gasteiger charge is 2.25. The molecule has 0 aliphatic heterocycles. The Kier molecular flexibility index (Phi) is 4.97. The van der Waals surface area contributed by atoms with Gasteiger partial charge in [0.2, 0.25) is 5.89 Å². The molecule has 1 amide bonds. The standard InChI is InChI=1S/C17H18FN5O3/c1-10(16-19-11(2)22-26-16)23(3)17(24)14-8-12(20-21-14)9-25-15-7-5-4-6-13(15)18/h4-8,10H,9H2,1-3H3,(H,20,21)/t10-/m1/s1. The molecule has 2 aromatic heterocycles. The van der Waals surface area contributed by atoms with Crippen molar-refractivity contribution in [2.75, 3.05) is 7.05 Å². The number of aryl methyl sites for hydroxylation is 1. The Morgan fingerprint density at radius 1 is 1.42 bits per heavy atom. The molecule has 0 bridgehead atoms. The molecule has 0 radical (unpaired) electrons. The zero-order valence-corrected chi connectivity index (χ0v) is 14.6. The van der Waals surface area contributed by atoms with E-state index in [4.69, 9.17) is 9.26 Å². The summed E-state index contributed by atoms with van der Waals surface area (Å²) in [5.41, 5.74) is 0.758. The van der Waals surface area contributed by atoms with E-state index in [1.807, 2.05) is 0 Å². The van der Waals surface area contributed by atoms with Crippen LogP contribution in [0, 0.1) is 12.7 Å². The number of aromatic nitrogens is 4. The van der Waals surface area contributed by atoms with Gasteiger partial charge in [-0.15, -0.1) is 0 Å². The third-order valence-electron chi connectivity index (χ3n) is 3.87. The minimum atomic E-state index is -0.452. The van der Waals surface area contributed by atoms with Crippen LogP contribution < -0.4 is 4.74 Å². The number of hydrogen-bond donors (Lipinski definition) is 1. The fourth-order valence-corrected chi connectivity index (χ4v) is 2.27. The number of H-pyrrole nitrogens is 1. The molecule has 26 heavy (non-hydrogen) atoms. The molecule has 1 aromatic carbocycles. The van der Waals surface area contributed by atoms with Gasteiger partial charge < -0.3 is 14.2 Å². The molecule has 0 saturated carbocycles. The van der Waals surface area contributed by atoms with Crippen molar-refractivity contribution in [3.63, 3.8) is 0 Å². The van der Waals surface area contributed by atoms with Crippen molar-refractivity contribution in [1.82, 2.24) is 25.2 Å². The summed E-state index contributed by atoms with van der Waals surface area (Å²) in [7, 11) is 1.62. The third-order valence-corrected chi connectivity index (χ3v) is 3.87. The van der Waals surface area contributed by atoms with E-state index in [2.05, 4.69) is 20.3 Å². The van der Waals surface area contributed by atoms with Gasteiger partial charge >= 0.3 is 0 Å². The Morgan fingerprint density at radius 2 is 2.19 bits per heavy atom. The van der Waals surface area contributed by atoms with Gasteiger partial charge in [0.1, 0.15) is 12.6 Å². The highest BCUT2D eigenvalue weighted by atomic mass is 19.1. The lowest BCUT2D eigenvalue weighted by atomic mass is 10.2. The molecule has 0 fully saturated rings. The first kappa shape index (κ1) is 17.6. The van der Waals surface area contributed by atoms with Gasteiger partial charge in [-0.3, -0.25) is 9.89 Å². The van der Waals surface area contributed by atoms with Crippen molar-refractivity contribution in [3.8, 4) is 5.75 Å². The maximum absolute atomic E-state index is 13.6. The van der Waals surface area contributed by atoms with Gasteiger partial charge in [-0.25, -0.2) is 4.39 Å². The number of halogens is 1. The van der Waals surface area contributed by atoms with Crippen LogP contribution in [0.15, 0.2) is 34.9 Å². The Morgan fingerprint density at radius 3 is 2.88 bits per heavy atom. The number of hydrogen-bond acceptors (Lipinski definition) is 6. The summed E-state index contributed by atoms with van der Waals surface area (Å²) in [6.07, 6.45) is 0. The van der Waals surface area contributed by atoms with Crippen molar-refractivity contribution >= 4 is 5.91 Å². The first-order valence-electron chi connectivity index (χ1n) is 7.94. The summed E-state index contributed by atoms with van der Waals surface area (Å²) in [4.78, 5) is 18.1. The zero-order chi connectivity index (χ0) is 18.7. The summed E-state index contributed by atoms with van der Waals surface area (Å²) >= 11 is 0. The summed E-state index contributed by atoms with van der Waals surface area (Å²) < 4.78 is 24.0. The van der Waals surface area contributed by atoms with Crippen LogP contribution in [0.4, 0.5) is 4.39 Å². The van der Waals surface area contributed by atoms with E-state index in [1.54, 1.807) is 39.1 Å². The molecule has 2 heterocycles. The maximum atomic E-state index is 13.6. The van der Waals surface area contributed by atoms with Crippen molar-refractivity contribution in [3.05, 3.63) is 59.3 Å². The van der Waals surface area contributed by atoms with E-state index >= 15 is 0 Å². The van der Waals surface area contributed by atoms with Crippen LogP contribution in [0.5, 0.6) is 5.75 Å². The second kappa shape index (κ2) is 7.34. The van der Waals surface area contributed by atoms with Crippen molar-refractivity contribution in [1.29, 1.82) is 0 Å². The lowest BCUT2D eigenvalue weighted by Crippen LogP contribution is -2.30. The number of para-hydroxylation sites is 1. The van der Waals surface area contributed by atoms with Gasteiger partial charge in [0.25, 0.3) is 5.91 Å². The average molecular weight is 359 g/mol. The predicted molar refractivity (Wildman–Crippen MR) is 88.9 cm³/mol. The first-order chi connectivity index (χ1) is 12.5. The second-order valence-electron chi connectivity index (χ2n) is 5.77. The number of carbonyl (C=O) groups excluding carboxylic acids is 1. The minimum Gasteiger partial charge on any atom is -0.484 e. The van der Waals surface area contributed by atoms with Gasteiger partial charge in [-0.2, -0.15) is 10.1 Å². The van der Waals surface area contributed by atoms with Crippen LogP contribution in [0.2, 0.25) is 0 Å². The zero-order valence-electron chi connectivity index (χ0n) is 14.6. The monoisotopic (exact) mass is 359 g/mol. The van der Waals surface area contributed by atoms with Crippen molar-refractivity contribution in [2.45, 2.75) is 26.5 Å². The van der Waals surface area contributed by atoms with Crippen LogP contribution in [-0.4, -0.2) is 38.2 Å². The number of nitrogens with one attached hydrogen (secondary N) is 1. The number of benzene rings is 1. The largest absolute Gasteiger partial charge is 0.484 e. The average Bonchev–Trinajstić information content (AvgIpc) is 3.28. The maximum Gasteiger partial charge on any atom is 0.274 e. The Hall–Kier alpha value is -3.23. The highest BCUT2D eigenvalue weighted by molar-refractivity contribution is 5.92. The van der Waals surface area contributed by atoms with Crippen molar-refractivity contribution < 1.29 is 18.4 Å². The third kappa shape index (κ3) is 3.71. The Bertz CT molecular complexity index is 907. The molecule has 1 N–H and O–H groups in total.